The van der Waals surface area contributed by atoms with Crippen LogP contribution in [0.5, 0.6) is 0 Å². The fourth-order valence-corrected chi connectivity index (χ4v) is 2.24. The van der Waals surface area contributed by atoms with Crippen LogP contribution in [0.15, 0.2) is 27.3 Å². The SMILES string of the molecule is CC.CC.CC.[CH-]=C(C=C[CH]=[W])C(C(C)=O)c1c(N(C)C)c(=O)c1=O. The predicted octanol–water partition coefficient (Wildman–Crippen LogP) is 3.36. The Bertz CT molecular complexity index is 636. The van der Waals surface area contributed by atoms with E-state index in [0.717, 1.165) is 0 Å². The van der Waals surface area contributed by atoms with Crippen molar-refractivity contribution in [3.05, 3.63) is 50.3 Å². The average Bonchev–Trinajstić information content (AvgIpc) is 2.63. The van der Waals surface area contributed by atoms with Crippen LogP contribution < -0.4 is 15.8 Å². The van der Waals surface area contributed by atoms with Gasteiger partial charge in [-0.15, -0.1) is 0 Å². The van der Waals surface area contributed by atoms with Crippen molar-refractivity contribution in [3.8, 4) is 0 Å². The summed E-state index contributed by atoms with van der Waals surface area (Å²) in [5, 5.41) is 0. The summed E-state index contributed by atoms with van der Waals surface area (Å²) < 4.78 is 1.85. The summed E-state index contributed by atoms with van der Waals surface area (Å²) in [7, 11) is 3.32. The Morgan fingerprint density at radius 1 is 1.04 bits per heavy atom. The molecule has 25 heavy (non-hydrogen) atoms. The van der Waals surface area contributed by atoms with Gasteiger partial charge < -0.3 is 0 Å². The van der Waals surface area contributed by atoms with Gasteiger partial charge in [0.05, 0.1) is 0 Å². The van der Waals surface area contributed by atoms with Gasteiger partial charge in [0.2, 0.25) is 0 Å². The fraction of sp³-hybridized carbons (Fsp3) is 0.500. The van der Waals surface area contributed by atoms with Crippen LogP contribution >= 0.6 is 0 Å². The molecule has 0 N–H and O–H groups in total. The van der Waals surface area contributed by atoms with Crippen molar-refractivity contribution in [2.75, 3.05) is 19.0 Å². The molecule has 5 heteroatoms. The number of ketones is 1. The molecule has 0 aromatic heterocycles. The summed E-state index contributed by atoms with van der Waals surface area (Å²) in [5.74, 6) is -1.09. The molecule has 0 saturated heterocycles. The third-order valence-electron chi connectivity index (χ3n) is 2.76. The van der Waals surface area contributed by atoms with Crippen LogP contribution in [0.25, 0.3) is 0 Å². The number of nitrogens with zero attached hydrogens (tertiary/aromatic N) is 1. The van der Waals surface area contributed by atoms with E-state index in [2.05, 4.69) is 0 Å². The van der Waals surface area contributed by atoms with Gasteiger partial charge in [-0.05, 0) is 0 Å². The summed E-state index contributed by atoms with van der Waals surface area (Å²) in [6, 6.07) is 0. The average molecular weight is 518 g/mol. The van der Waals surface area contributed by atoms with Gasteiger partial charge in [-0.25, -0.2) is 0 Å². The van der Waals surface area contributed by atoms with Crippen molar-refractivity contribution in [2.24, 2.45) is 0 Å². The second-order valence-electron chi connectivity index (χ2n) is 4.35. The van der Waals surface area contributed by atoms with Crippen molar-refractivity contribution in [2.45, 2.75) is 54.4 Å². The van der Waals surface area contributed by atoms with Crippen molar-refractivity contribution in [1.82, 2.24) is 0 Å². The molecule has 1 aromatic carbocycles. The van der Waals surface area contributed by atoms with Gasteiger partial charge in [0.15, 0.2) is 0 Å². The number of Topliss-reactive ketones (excluding diaryl/α,β-unsaturated/α-hetero) is 1. The van der Waals surface area contributed by atoms with Crippen LogP contribution in [0.1, 0.15) is 59.9 Å². The van der Waals surface area contributed by atoms with E-state index in [1.54, 1.807) is 31.1 Å². The first-order valence-electron chi connectivity index (χ1n) is 8.58. The third kappa shape index (κ3) is 8.00. The van der Waals surface area contributed by atoms with Gasteiger partial charge in [0, 0.05) is 0 Å². The summed E-state index contributed by atoms with van der Waals surface area (Å²) in [6.45, 7) is 19.2. The van der Waals surface area contributed by atoms with Gasteiger partial charge in [0.1, 0.15) is 0 Å². The van der Waals surface area contributed by atoms with Crippen LogP contribution in [-0.2, 0) is 24.1 Å². The molecule has 0 saturated carbocycles. The second kappa shape index (κ2) is 16.1. The molecule has 1 atom stereocenters. The normalized spacial score (nSPS) is 10.3. The molecule has 0 amide bonds. The Morgan fingerprint density at radius 2 is 1.48 bits per heavy atom. The van der Waals surface area contributed by atoms with Crippen LogP contribution in [0, 0.1) is 6.58 Å². The Balaban J connectivity index is -0.000000725. The molecule has 0 radical (unpaired) electrons. The molecule has 0 spiro atoms. The Hall–Kier alpha value is -1.41. The number of hydrogen-bond donors (Lipinski definition) is 0. The number of carbonyl (C=O) groups excluding carboxylic acids is 1. The Kier molecular flexibility index (Phi) is 18.3. The maximum absolute atomic E-state index is 11.7. The maximum atomic E-state index is 11.7. The van der Waals surface area contributed by atoms with Crippen LogP contribution in [0.4, 0.5) is 5.69 Å². The third-order valence-corrected chi connectivity index (χ3v) is 3.33. The summed E-state index contributed by atoms with van der Waals surface area (Å²) >= 11 is 1.25. The first kappa shape index (κ1) is 28.4. The molecule has 0 bridgehead atoms. The van der Waals surface area contributed by atoms with E-state index in [1.165, 1.54) is 26.3 Å². The standard InChI is InChI=1S/C14H14NO3.3C2H6.W/c1-6-7-8(2)10(9(3)16)11-12(15(4)5)14(18)13(11)17;3*1-2;/h1-2,6-7,10H,3-5H3;3*1-2H3;/q-1;;;;. The van der Waals surface area contributed by atoms with E-state index in [9.17, 15) is 14.4 Å². The van der Waals surface area contributed by atoms with Crippen molar-refractivity contribution < 1.29 is 24.1 Å². The summed E-state index contributed by atoms with van der Waals surface area (Å²) in [5.41, 5.74) is -0.429. The fourth-order valence-electron chi connectivity index (χ4n) is 1.96. The van der Waals surface area contributed by atoms with E-state index in [-0.39, 0.29) is 22.6 Å². The molecule has 0 aliphatic heterocycles. The van der Waals surface area contributed by atoms with Gasteiger partial charge >= 0.3 is 122 Å². The molecule has 0 fully saturated rings. The van der Waals surface area contributed by atoms with Crippen molar-refractivity contribution in [3.63, 3.8) is 0 Å². The van der Waals surface area contributed by atoms with Crippen molar-refractivity contribution in [1.29, 1.82) is 0 Å². The van der Waals surface area contributed by atoms with E-state index in [1.807, 2.05) is 45.9 Å². The van der Waals surface area contributed by atoms with Crippen LogP contribution in [0.2, 0.25) is 0 Å². The molecule has 0 heterocycles. The quantitative estimate of drug-likeness (QED) is 0.330. The minimum atomic E-state index is -0.839. The van der Waals surface area contributed by atoms with Crippen LogP contribution in [0.3, 0.4) is 0 Å². The number of anilines is 1. The monoisotopic (exact) mass is 518 g/mol. The predicted molar refractivity (Wildman–Crippen MR) is 106 cm³/mol. The molecule has 0 aliphatic rings. The van der Waals surface area contributed by atoms with Gasteiger partial charge in [-0.3, -0.25) is 0 Å². The van der Waals surface area contributed by atoms with Gasteiger partial charge in [-0.1, -0.05) is 41.5 Å². The summed E-state index contributed by atoms with van der Waals surface area (Å²) in [4.78, 5) is 36.6. The zero-order chi connectivity index (χ0) is 20.7. The van der Waals surface area contributed by atoms with E-state index < -0.39 is 16.8 Å². The molecular weight excluding hydrogens is 486 g/mol. The zero-order valence-corrected chi connectivity index (χ0v) is 19.9. The number of carbonyl (C=O) groups is 1. The molecular formula is C20H32NO3W-. The van der Waals surface area contributed by atoms with E-state index in [4.69, 9.17) is 6.58 Å². The molecule has 4 nitrogen and oxygen atoms in total. The topological polar surface area (TPSA) is 54.5 Å². The first-order valence-corrected chi connectivity index (χ1v) is 10.3. The van der Waals surface area contributed by atoms with Crippen molar-refractivity contribution >= 4 is 15.9 Å². The molecule has 1 rings (SSSR count). The molecule has 1 unspecified atom stereocenters. The van der Waals surface area contributed by atoms with E-state index in [0.29, 0.717) is 0 Å². The minimum absolute atomic E-state index is 0.202. The first-order chi connectivity index (χ1) is 11.8. The van der Waals surface area contributed by atoms with E-state index >= 15 is 0 Å². The molecule has 1 aromatic rings. The Morgan fingerprint density at radius 3 is 1.80 bits per heavy atom. The van der Waals surface area contributed by atoms with Gasteiger partial charge in [0.25, 0.3) is 0 Å². The number of hydrogen-bond acceptors (Lipinski definition) is 4. The Labute approximate surface area is 163 Å². The zero-order valence-electron chi connectivity index (χ0n) is 17.0. The van der Waals surface area contributed by atoms with Gasteiger partial charge in [-0.2, -0.15) is 0 Å². The molecule has 0 aliphatic carbocycles. The number of rotatable bonds is 6. The second-order valence-corrected chi connectivity index (χ2v) is 5.33. The molecule has 142 valence electrons. The summed E-state index contributed by atoms with van der Waals surface area (Å²) in [6.07, 6.45) is 3.32. The van der Waals surface area contributed by atoms with Crippen LogP contribution in [-0.4, -0.2) is 24.3 Å². The number of allylic oxidation sites excluding steroid dienone is 3.